The lowest BCUT2D eigenvalue weighted by molar-refractivity contribution is -0.159. The third-order valence-corrected chi connectivity index (χ3v) is 4.27. The van der Waals surface area contributed by atoms with Crippen LogP contribution in [-0.4, -0.2) is 34.2 Å². The number of carbonyl (C=O) groups is 1. The summed E-state index contributed by atoms with van der Waals surface area (Å²) < 4.78 is 41.6. The van der Waals surface area contributed by atoms with Gasteiger partial charge in [0, 0.05) is 25.2 Å². The summed E-state index contributed by atoms with van der Waals surface area (Å²) in [6.07, 6.45) is -1.45. The number of halogens is 3. The number of carbonyl (C=O) groups excluding carboxylic acids is 1. The number of rotatable bonds is 4. The summed E-state index contributed by atoms with van der Waals surface area (Å²) in [6.45, 7) is 0.330. The maximum absolute atomic E-state index is 12.5. The summed E-state index contributed by atoms with van der Waals surface area (Å²) >= 11 is 0. The van der Waals surface area contributed by atoms with Crippen LogP contribution in [0.3, 0.4) is 0 Å². The van der Waals surface area contributed by atoms with E-state index >= 15 is 0 Å². The molecule has 0 spiro atoms. The van der Waals surface area contributed by atoms with E-state index in [4.69, 9.17) is 0 Å². The molecule has 1 aromatic heterocycles. The molecule has 1 fully saturated rings. The summed E-state index contributed by atoms with van der Waals surface area (Å²) in [7, 11) is 1.77. The van der Waals surface area contributed by atoms with Crippen molar-refractivity contribution in [3.8, 4) is 11.4 Å². The predicted octanol–water partition coefficient (Wildman–Crippen LogP) is 3.45. The van der Waals surface area contributed by atoms with E-state index in [1.807, 2.05) is 0 Å². The van der Waals surface area contributed by atoms with Crippen LogP contribution in [0.4, 0.5) is 18.0 Å². The minimum atomic E-state index is -4.66. The Balaban J connectivity index is 1.58. The fourth-order valence-electron chi connectivity index (χ4n) is 2.47. The Hall–Kier alpha value is -2.58. The fraction of sp³-hybridized carbons (Fsp3) is 0.438. The molecule has 0 unspecified atom stereocenters. The molecular weight excluding hydrogens is 337 g/mol. The van der Waals surface area contributed by atoms with Gasteiger partial charge in [-0.15, -0.1) is 0 Å². The number of nitrogens with zero attached hydrogens (tertiary/aromatic N) is 3. The van der Waals surface area contributed by atoms with Gasteiger partial charge in [-0.3, -0.25) is 0 Å². The van der Waals surface area contributed by atoms with E-state index in [-0.39, 0.29) is 11.9 Å². The van der Waals surface area contributed by atoms with Gasteiger partial charge < -0.3 is 14.7 Å². The molecule has 0 bridgehead atoms. The van der Waals surface area contributed by atoms with Gasteiger partial charge in [0.2, 0.25) is 5.82 Å². The van der Waals surface area contributed by atoms with E-state index in [2.05, 4.69) is 20.0 Å². The van der Waals surface area contributed by atoms with Gasteiger partial charge in [0.1, 0.15) is 0 Å². The van der Waals surface area contributed by atoms with Crippen molar-refractivity contribution in [3.63, 3.8) is 0 Å². The van der Waals surface area contributed by atoms with Crippen LogP contribution in [0.15, 0.2) is 28.8 Å². The Kier molecular flexibility index (Phi) is 4.65. The Labute approximate surface area is 142 Å². The van der Waals surface area contributed by atoms with Crippen LogP contribution in [0.2, 0.25) is 0 Å². The van der Waals surface area contributed by atoms with Crippen molar-refractivity contribution in [2.24, 2.45) is 0 Å². The molecule has 3 rings (SSSR count). The van der Waals surface area contributed by atoms with Crippen LogP contribution in [-0.2, 0) is 12.7 Å². The average molecular weight is 354 g/mol. The zero-order chi connectivity index (χ0) is 18.0. The highest BCUT2D eigenvalue weighted by atomic mass is 19.4. The number of nitrogens with one attached hydrogen (secondary N) is 1. The van der Waals surface area contributed by atoms with Crippen molar-refractivity contribution in [1.29, 1.82) is 0 Å². The summed E-state index contributed by atoms with van der Waals surface area (Å²) in [6, 6.07) is 6.74. The predicted molar refractivity (Wildman–Crippen MR) is 82.4 cm³/mol. The van der Waals surface area contributed by atoms with Crippen LogP contribution in [0.5, 0.6) is 0 Å². The van der Waals surface area contributed by atoms with Gasteiger partial charge in [-0.1, -0.05) is 29.4 Å². The Morgan fingerprint density at radius 3 is 2.52 bits per heavy atom. The van der Waals surface area contributed by atoms with Crippen LogP contribution in [0.25, 0.3) is 11.4 Å². The number of urea groups is 1. The fourth-order valence-corrected chi connectivity index (χ4v) is 2.47. The second kappa shape index (κ2) is 6.73. The first kappa shape index (κ1) is 17.2. The molecule has 0 atom stereocenters. The van der Waals surface area contributed by atoms with Gasteiger partial charge in [0.15, 0.2) is 0 Å². The van der Waals surface area contributed by atoms with Gasteiger partial charge >= 0.3 is 18.1 Å². The van der Waals surface area contributed by atoms with Crippen molar-refractivity contribution < 1.29 is 22.5 Å². The molecule has 6 nitrogen and oxygen atoms in total. The molecule has 0 saturated heterocycles. The lowest BCUT2D eigenvalue weighted by Gasteiger charge is -2.34. The molecule has 0 radical (unpaired) electrons. The molecule has 1 aliphatic carbocycles. The first-order valence-electron chi connectivity index (χ1n) is 7.85. The van der Waals surface area contributed by atoms with Gasteiger partial charge in [-0.05, 0) is 24.8 Å². The van der Waals surface area contributed by atoms with Gasteiger partial charge in [0.05, 0.1) is 0 Å². The molecule has 1 aliphatic rings. The molecule has 1 aromatic carbocycles. The lowest BCUT2D eigenvalue weighted by atomic mass is 9.92. The molecule has 1 heterocycles. The van der Waals surface area contributed by atoms with E-state index in [1.54, 1.807) is 36.2 Å². The van der Waals surface area contributed by atoms with Crippen LogP contribution < -0.4 is 5.32 Å². The number of hydrogen-bond donors (Lipinski definition) is 1. The number of aromatic nitrogens is 2. The van der Waals surface area contributed by atoms with E-state index in [0.29, 0.717) is 18.2 Å². The third kappa shape index (κ3) is 3.92. The third-order valence-electron chi connectivity index (χ3n) is 4.27. The highest BCUT2D eigenvalue weighted by molar-refractivity contribution is 5.74. The maximum Gasteiger partial charge on any atom is 0.471 e. The van der Waals surface area contributed by atoms with Crippen molar-refractivity contribution in [1.82, 2.24) is 20.4 Å². The standard InChI is InChI=1S/C16H17F3N4O2/c1-23(12-3-2-4-12)15(24)20-9-10-5-7-11(8-6-10)13-21-14(25-22-13)16(17,18)19/h5-8,12H,2-4,9H2,1H3,(H,20,24). The van der Waals surface area contributed by atoms with Crippen LogP contribution in [0.1, 0.15) is 30.7 Å². The molecule has 9 heteroatoms. The van der Waals surface area contributed by atoms with E-state index < -0.39 is 12.1 Å². The molecule has 25 heavy (non-hydrogen) atoms. The Morgan fingerprint density at radius 2 is 2.00 bits per heavy atom. The molecule has 2 amide bonds. The largest absolute Gasteiger partial charge is 0.471 e. The molecule has 1 saturated carbocycles. The quantitative estimate of drug-likeness (QED) is 0.913. The van der Waals surface area contributed by atoms with E-state index in [9.17, 15) is 18.0 Å². The number of alkyl halides is 3. The molecule has 134 valence electrons. The first-order chi connectivity index (χ1) is 11.8. The van der Waals surface area contributed by atoms with Crippen molar-refractivity contribution >= 4 is 6.03 Å². The summed E-state index contributed by atoms with van der Waals surface area (Å²) in [4.78, 5) is 17.1. The zero-order valence-electron chi connectivity index (χ0n) is 13.5. The first-order valence-corrected chi connectivity index (χ1v) is 7.85. The number of benzene rings is 1. The average Bonchev–Trinajstić information content (AvgIpc) is 3.01. The second-order valence-corrected chi connectivity index (χ2v) is 5.97. The highest BCUT2D eigenvalue weighted by Gasteiger charge is 2.38. The van der Waals surface area contributed by atoms with Gasteiger partial charge in [-0.25, -0.2) is 4.79 Å². The lowest BCUT2D eigenvalue weighted by Crippen LogP contribution is -2.46. The zero-order valence-corrected chi connectivity index (χ0v) is 13.5. The minimum absolute atomic E-state index is 0.132. The van der Waals surface area contributed by atoms with E-state index in [0.717, 1.165) is 24.8 Å². The molecule has 0 aliphatic heterocycles. The topological polar surface area (TPSA) is 71.3 Å². The molecular formula is C16H17F3N4O2. The van der Waals surface area contributed by atoms with Gasteiger partial charge in [-0.2, -0.15) is 18.2 Å². The normalized spacial score (nSPS) is 14.9. The number of amides is 2. The van der Waals surface area contributed by atoms with Crippen molar-refractivity contribution in [3.05, 3.63) is 35.7 Å². The number of hydrogen-bond acceptors (Lipinski definition) is 4. The summed E-state index contributed by atoms with van der Waals surface area (Å²) in [5, 5.41) is 6.15. The highest BCUT2D eigenvalue weighted by Crippen LogP contribution is 2.29. The smallest absolute Gasteiger partial charge is 0.334 e. The van der Waals surface area contributed by atoms with Crippen LogP contribution in [0, 0.1) is 0 Å². The molecule has 1 N–H and O–H groups in total. The van der Waals surface area contributed by atoms with Crippen molar-refractivity contribution in [2.75, 3.05) is 7.05 Å². The summed E-state index contributed by atoms with van der Waals surface area (Å²) in [5.74, 6) is -1.51. The van der Waals surface area contributed by atoms with Crippen LogP contribution >= 0.6 is 0 Å². The van der Waals surface area contributed by atoms with Gasteiger partial charge in [0.25, 0.3) is 0 Å². The Bertz CT molecular complexity index is 739. The maximum atomic E-state index is 12.5. The van der Waals surface area contributed by atoms with E-state index in [1.165, 1.54) is 0 Å². The SMILES string of the molecule is CN(C(=O)NCc1ccc(-c2noc(C(F)(F)F)n2)cc1)C1CCC1. The summed E-state index contributed by atoms with van der Waals surface area (Å²) in [5.41, 5.74) is 1.22. The van der Waals surface area contributed by atoms with Crippen molar-refractivity contribution in [2.45, 2.75) is 38.0 Å². The Morgan fingerprint density at radius 1 is 1.32 bits per heavy atom. The monoisotopic (exact) mass is 354 g/mol. The minimum Gasteiger partial charge on any atom is -0.334 e. The molecule has 2 aromatic rings. The second-order valence-electron chi connectivity index (χ2n) is 5.97.